The number of hydrogen-bond acceptors (Lipinski definition) is 2. The van der Waals surface area contributed by atoms with Crippen LogP contribution in [0.3, 0.4) is 0 Å². The quantitative estimate of drug-likeness (QED) is 0.838. The fourth-order valence-corrected chi connectivity index (χ4v) is 2.10. The van der Waals surface area contributed by atoms with Crippen LogP contribution < -0.4 is 10.6 Å². The summed E-state index contributed by atoms with van der Waals surface area (Å²) in [7, 11) is 0. The van der Waals surface area contributed by atoms with Crippen LogP contribution in [0.15, 0.2) is 24.3 Å². The van der Waals surface area contributed by atoms with Gasteiger partial charge in [0.25, 0.3) is 0 Å². The lowest BCUT2D eigenvalue weighted by Crippen LogP contribution is -2.29. The molecule has 0 aromatic heterocycles. The molecule has 0 amide bonds. The number of benzene rings is 1. The summed E-state index contributed by atoms with van der Waals surface area (Å²) < 4.78 is 1.28. The molecule has 2 N–H and O–H groups in total. The monoisotopic (exact) mass is 302 g/mol. The molecule has 1 aromatic carbocycles. The van der Waals surface area contributed by atoms with E-state index in [1.54, 1.807) is 0 Å². The van der Waals surface area contributed by atoms with Gasteiger partial charge >= 0.3 is 0 Å². The van der Waals surface area contributed by atoms with Gasteiger partial charge < -0.3 is 10.6 Å². The highest BCUT2D eigenvalue weighted by molar-refractivity contribution is 14.1. The van der Waals surface area contributed by atoms with Crippen molar-refractivity contribution in [2.45, 2.75) is 18.9 Å². The van der Waals surface area contributed by atoms with Crippen molar-refractivity contribution in [1.82, 2.24) is 5.32 Å². The van der Waals surface area contributed by atoms with Crippen LogP contribution in [0.2, 0.25) is 0 Å². The highest BCUT2D eigenvalue weighted by Crippen LogP contribution is 2.12. The lowest BCUT2D eigenvalue weighted by atomic mass is 10.2. The molecule has 0 spiro atoms. The highest BCUT2D eigenvalue weighted by atomic mass is 127. The maximum Gasteiger partial charge on any atom is 0.0341 e. The summed E-state index contributed by atoms with van der Waals surface area (Å²) in [4.78, 5) is 0. The summed E-state index contributed by atoms with van der Waals surface area (Å²) in [5, 5.41) is 6.92. The Hall–Kier alpha value is -0.290. The summed E-state index contributed by atoms with van der Waals surface area (Å²) in [6.45, 7) is 2.22. The van der Waals surface area contributed by atoms with Crippen molar-refractivity contribution in [2.24, 2.45) is 0 Å². The number of hydrogen-bond donors (Lipinski definition) is 2. The van der Waals surface area contributed by atoms with E-state index in [0.29, 0.717) is 6.04 Å². The molecule has 1 aliphatic heterocycles. The van der Waals surface area contributed by atoms with E-state index in [-0.39, 0.29) is 0 Å². The van der Waals surface area contributed by atoms with Crippen LogP contribution in [0.1, 0.15) is 12.8 Å². The fourth-order valence-electron chi connectivity index (χ4n) is 1.74. The maximum absolute atomic E-state index is 3.47. The Labute approximate surface area is 98.6 Å². The van der Waals surface area contributed by atoms with Gasteiger partial charge in [0.15, 0.2) is 0 Å². The van der Waals surface area contributed by atoms with Gasteiger partial charge in [-0.05, 0) is 66.2 Å². The third-order valence-electron chi connectivity index (χ3n) is 2.56. The maximum atomic E-state index is 3.47. The van der Waals surface area contributed by atoms with Crippen molar-refractivity contribution >= 4 is 28.3 Å². The molecule has 76 valence electrons. The van der Waals surface area contributed by atoms with Gasteiger partial charge in [-0.25, -0.2) is 0 Å². The van der Waals surface area contributed by atoms with Crippen LogP contribution in [0.5, 0.6) is 0 Å². The van der Waals surface area contributed by atoms with Crippen LogP contribution in [0, 0.1) is 3.57 Å². The molecule has 1 aromatic rings. The standard InChI is InChI=1S/C11H15IN2/c12-9-3-5-10(6-4-9)14-8-11-2-1-7-13-11/h3-6,11,13-14H,1-2,7-8H2/t11-/m0/s1. The molecule has 2 nitrogen and oxygen atoms in total. The number of nitrogens with one attached hydrogen (secondary N) is 2. The Morgan fingerprint density at radius 2 is 2.14 bits per heavy atom. The lowest BCUT2D eigenvalue weighted by Gasteiger charge is -2.12. The third kappa shape index (κ3) is 2.85. The number of anilines is 1. The zero-order valence-corrected chi connectivity index (χ0v) is 10.3. The van der Waals surface area contributed by atoms with Crippen molar-refractivity contribution in [2.75, 3.05) is 18.4 Å². The summed E-state index contributed by atoms with van der Waals surface area (Å²) in [5.74, 6) is 0. The largest absolute Gasteiger partial charge is 0.383 e. The molecule has 1 aliphatic rings. The zero-order valence-electron chi connectivity index (χ0n) is 8.09. The van der Waals surface area contributed by atoms with Crippen LogP contribution >= 0.6 is 22.6 Å². The van der Waals surface area contributed by atoms with Crippen molar-refractivity contribution in [3.8, 4) is 0 Å². The smallest absolute Gasteiger partial charge is 0.0341 e. The molecule has 0 bridgehead atoms. The van der Waals surface area contributed by atoms with Gasteiger partial charge in [-0.2, -0.15) is 0 Å². The predicted octanol–water partition coefficient (Wildman–Crippen LogP) is 2.46. The molecule has 0 radical (unpaired) electrons. The molecular weight excluding hydrogens is 287 g/mol. The normalized spacial score (nSPS) is 21.1. The molecule has 0 unspecified atom stereocenters. The summed E-state index contributed by atoms with van der Waals surface area (Å²) in [5.41, 5.74) is 1.22. The molecule has 14 heavy (non-hydrogen) atoms. The van der Waals surface area contributed by atoms with Crippen LogP contribution in [-0.4, -0.2) is 19.1 Å². The molecule has 1 saturated heterocycles. The molecule has 3 heteroatoms. The van der Waals surface area contributed by atoms with Crippen molar-refractivity contribution in [1.29, 1.82) is 0 Å². The first kappa shape index (κ1) is 10.2. The topological polar surface area (TPSA) is 24.1 Å². The minimum Gasteiger partial charge on any atom is -0.383 e. The van der Waals surface area contributed by atoms with Gasteiger partial charge in [-0.15, -0.1) is 0 Å². The Balaban J connectivity index is 1.82. The average Bonchev–Trinajstić information content (AvgIpc) is 2.70. The van der Waals surface area contributed by atoms with E-state index in [1.807, 2.05) is 0 Å². The van der Waals surface area contributed by atoms with Crippen LogP contribution in [0.4, 0.5) is 5.69 Å². The van der Waals surface area contributed by atoms with Gasteiger partial charge in [0, 0.05) is 21.8 Å². The van der Waals surface area contributed by atoms with E-state index < -0.39 is 0 Å². The summed E-state index contributed by atoms with van der Waals surface area (Å²) in [6.07, 6.45) is 2.62. The molecule has 1 heterocycles. The Bertz CT molecular complexity index is 278. The molecule has 2 rings (SSSR count). The van der Waals surface area contributed by atoms with Gasteiger partial charge in [-0.3, -0.25) is 0 Å². The minimum absolute atomic E-state index is 0.661. The van der Waals surface area contributed by atoms with Crippen molar-refractivity contribution in [3.63, 3.8) is 0 Å². The molecule has 0 aliphatic carbocycles. The first-order valence-corrected chi connectivity index (χ1v) is 6.15. The van der Waals surface area contributed by atoms with Crippen molar-refractivity contribution < 1.29 is 0 Å². The zero-order chi connectivity index (χ0) is 9.80. The lowest BCUT2D eigenvalue weighted by molar-refractivity contribution is 0.633. The van der Waals surface area contributed by atoms with E-state index in [9.17, 15) is 0 Å². The van der Waals surface area contributed by atoms with Crippen LogP contribution in [0.25, 0.3) is 0 Å². The van der Waals surface area contributed by atoms with Gasteiger partial charge in [0.05, 0.1) is 0 Å². The third-order valence-corrected chi connectivity index (χ3v) is 3.28. The molecule has 0 saturated carbocycles. The van der Waals surface area contributed by atoms with E-state index in [4.69, 9.17) is 0 Å². The van der Waals surface area contributed by atoms with E-state index in [2.05, 4.69) is 57.5 Å². The second kappa shape index (κ2) is 4.98. The first-order valence-electron chi connectivity index (χ1n) is 5.07. The van der Waals surface area contributed by atoms with E-state index >= 15 is 0 Å². The first-order chi connectivity index (χ1) is 6.84. The van der Waals surface area contributed by atoms with E-state index in [1.165, 1.54) is 28.6 Å². The Morgan fingerprint density at radius 1 is 1.36 bits per heavy atom. The van der Waals surface area contributed by atoms with Crippen molar-refractivity contribution in [3.05, 3.63) is 27.8 Å². The predicted molar refractivity (Wildman–Crippen MR) is 68.7 cm³/mol. The fraction of sp³-hybridized carbons (Fsp3) is 0.455. The minimum atomic E-state index is 0.661. The van der Waals surface area contributed by atoms with E-state index in [0.717, 1.165) is 6.54 Å². The Morgan fingerprint density at radius 3 is 2.79 bits per heavy atom. The highest BCUT2D eigenvalue weighted by Gasteiger charge is 2.12. The van der Waals surface area contributed by atoms with Crippen LogP contribution in [-0.2, 0) is 0 Å². The average molecular weight is 302 g/mol. The molecule has 1 fully saturated rings. The van der Waals surface area contributed by atoms with Gasteiger partial charge in [-0.1, -0.05) is 0 Å². The van der Waals surface area contributed by atoms with Gasteiger partial charge in [0.2, 0.25) is 0 Å². The molecule has 1 atom stereocenters. The number of halogens is 1. The molecular formula is C11H15IN2. The second-order valence-corrected chi connectivity index (χ2v) is 4.93. The Kier molecular flexibility index (Phi) is 3.64. The summed E-state index contributed by atoms with van der Waals surface area (Å²) >= 11 is 2.32. The summed E-state index contributed by atoms with van der Waals surface area (Å²) in [6, 6.07) is 9.19. The SMILES string of the molecule is Ic1ccc(NC[C@@H]2CCCN2)cc1. The second-order valence-electron chi connectivity index (χ2n) is 3.68. The number of rotatable bonds is 3. The van der Waals surface area contributed by atoms with Gasteiger partial charge in [0.1, 0.15) is 0 Å².